The Labute approximate surface area is 90.4 Å². The molecule has 4 nitrogen and oxygen atoms in total. The summed E-state index contributed by atoms with van der Waals surface area (Å²) in [6.45, 7) is 1.96. The first-order chi connectivity index (χ1) is 7.34. The third-order valence-electron chi connectivity index (χ3n) is 2.63. The normalized spacial score (nSPS) is 16.2. The molecule has 82 valence electrons. The molecule has 1 N–H and O–H groups in total. The van der Waals surface area contributed by atoms with Gasteiger partial charge in [-0.2, -0.15) is 5.10 Å². The van der Waals surface area contributed by atoms with Crippen molar-refractivity contribution in [3.8, 4) is 0 Å². The molecule has 0 bridgehead atoms. The summed E-state index contributed by atoms with van der Waals surface area (Å²) in [5.74, 6) is 1.19. The third kappa shape index (κ3) is 3.08. The van der Waals surface area contributed by atoms with E-state index in [4.69, 9.17) is 0 Å². The van der Waals surface area contributed by atoms with Crippen LogP contribution in [-0.2, 0) is 13.5 Å². The number of rotatable bonds is 3. The Morgan fingerprint density at radius 2 is 2.40 bits per heavy atom. The second-order valence-corrected chi connectivity index (χ2v) is 3.98. The lowest BCUT2D eigenvalue weighted by Crippen LogP contribution is -2.27. The summed E-state index contributed by atoms with van der Waals surface area (Å²) in [5, 5.41) is 7.53. The molecular weight excluding hydrogens is 188 g/mol. The molecule has 0 saturated carbocycles. The topological polar surface area (TPSA) is 42.2 Å². The first-order valence-corrected chi connectivity index (χ1v) is 5.59. The van der Waals surface area contributed by atoms with E-state index in [0.717, 1.165) is 25.9 Å². The molecule has 4 heteroatoms. The van der Waals surface area contributed by atoms with Crippen molar-refractivity contribution < 1.29 is 0 Å². The maximum absolute atomic E-state index is 4.45. The van der Waals surface area contributed by atoms with E-state index >= 15 is 0 Å². The number of aryl methyl sites for hydroxylation is 1. The molecule has 0 fully saturated rings. The van der Waals surface area contributed by atoms with E-state index in [1.54, 1.807) is 0 Å². The lowest BCUT2D eigenvalue weighted by molar-refractivity contribution is 0.704. The average Bonchev–Trinajstić information content (AvgIpc) is 2.66. The van der Waals surface area contributed by atoms with Crippen LogP contribution in [0.5, 0.6) is 0 Å². The molecule has 1 aliphatic heterocycles. The first-order valence-electron chi connectivity index (χ1n) is 5.59. The van der Waals surface area contributed by atoms with Gasteiger partial charge in [0.1, 0.15) is 0 Å². The second-order valence-electron chi connectivity index (χ2n) is 3.98. The molecule has 0 spiro atoms. The summed E-state index contributed by atoms with van der Waals surface area (Å²) >= 11 is 0. The van der Waals surface area contributed by atoms with Crippen LogP contribution in [0, 0.1) is 0 Å². The van der Waals surface area contributed by atoms with E-state index < -0.39 is 0 Å². The van der Waals surface area contributed by atoms with Gasteiger partial charge < -0.3 is 5.32 Å². The monoisotopic (exact) mass is 206 g/mol. The fourth-order valence-corrected chi connectivity index (χ4v) is 1.79. The van der Waals surface area contributed by atoms with Crippen molar-refractivity contribution in [3.63, 3.8) is 0 Å². The molecule has 0 radical (unpaired) electrons. The van der Waals surface area contributed by atoms with E-state index in [9.17, 15) is 0 Å². The summed E-state index contributed by atoms with van der Waals surface area (Å²) in [4.78, 5) is 4.45. The molecule has 0 aliphatic carbocycles. The fourth-order valence-electron chi connectivity index (χ4n) is 1.79. The summed E-state index contributed by atoms with van der Waals surface area (Å²) < 4.78 is 1.84. The van der Waals surface area contributed by atoms with E-state index in [-0.39, 0.29) is 0 Å². The standard InChI is InChI=1S/C11H18N4/c1-15-9-10(8-14-15)5-7-13-11-4-2-3-6-12-11/h8-9H,2-7H2,1H3,(H,12,13). The minimum Gasteiger partial charge on any atom is -0.374 e. The number of aliphatic imine (C=N–C) groups is 1. The summed E-state index contributed by atoms with van der Waals surface area (Å²) in [6.07, 6.45) is 8.64. The van der Waals surface area contributed by atoms with Crippen molar-refractivity contribution in [3.05, 3.63) is 18.0 Å². The zero-order valence-electron chi connectivity index (χ0n) is 9.24. The molecule has 0 amide bonds. The Kier molecular flexibility index (Phi) is 3.37. The predicted molar refractivity (Wildman–Crippen MR) is 61.1 cm³/mol. The van der Waals surface area contributed by atoms with Gasteiger partial charge in [0.25, 0.3) is 0 Å². The number of nitrogens with one attached hydrogen (secondary N) is 1. The SMILES string of the molecule is Cn1cc(CCNC2=NCCCC2)cn1. The van der Waals surface area contributed by atoms with Crippen molar-refractivity contribution in [2.24, 2.45) is 12.0 Å². The molecule has 2 heterocycles. The minimum atomic E-state index is 0.963. The smallest absolute Gasteiger partial charge is 0.0963 e. The van der Waals surface area contributed by atoms with Crippen LogP contribution in [0.2, 0.25) is 0 Å². The highest BCUT2D eigenvalue weighted by atomic mass is 15.2. The van der Waals surface area contributed by atoms with E-state index in [0.29, 0.717) is 0 Å². The van der Waals surface area contributed by atoms with Gasteiger partial charge in [-0.25, -0.2) is 0 Å². The number of hydrogen-bond acceptors (Lipinski definition) is 3. The van der Waals surface area contributed by atoms with Crippen molar-refractivity contribution in [1.29, 1.82) is 0 Å². The maximum atomic E-state index is 4.45. The highest BCUT2D eigenvalue weighted by Gasteiger charge is 2.04. The average molecular weight is 206 g/mol. The molecule has 0 atom stereocenters. The molecule has 2 rings (SSSR count). The van der Waals surface area contributed by atoms with Crippen LogP contribution in [0.1, 0.15) is 24.8 Å². The van der Waals surface area contributed by atoms with Crippen molar-refractivity contribution in [1.82, 2.24) is 15.1 Å². The van der Waals surface area contributed by atoms with Crippen LogP contribution in [-0.4, -0.2) is 28.7 Å². The van der Waals surface area contributed by atoms with Crippen LogP contribution >= 0.6 is 0 Å². The Morgan fingerprint density at radius 3 is 3.07 bits per heavy atom. The molecule has 1 aromatic heterocycles. The molecule has 1 aliphatic rings. The number of hydrogen-bond donors (Lipinski definition) is 1. The number of nitrogens with zero attached hydrogens (tertiary/aromatic N) is 3. The first kappa shape index (κ1) is 10.2. The summed E-state index contributed by atoms with van der Waals surface area (Å²) in [5.41, 5.74) is 1.28. The largest absolute Gasteiger partial charge is 0.374 e. The van der Waals surface area contributed by atoms with Crippen LogP contribution in [0.15, 0.2) is 17.4 Å². The van der Waals surface area contributed by atoms with Crippen molar-refractivity contribution in [2.45, 2.75) is 25.7 Å². The van der Waals surface area contributed by atoms with Gasteiger partial charge in [-0.05, 0) is 24.8 Å². The summed E-state index contributed by atoms with van der Waals surface area (Å²) in [6, 6.07) is 0. The van der Waals surface area contributed by atoms with Crippen LogP contribution in [0.3, 0.4) is 0 Å². The van der Waals surface area contributed by atoms with Gasteiger partial charge in [0.15, 0.2) is 0 Å². The predicted octanol–water partition coefficient (Wildman–Crippen LogP) is 1.13. The molecule has 15 heavy (non-hydrogen) atoms. The zero-order chi connectivity index (χ0) is 10.5. The highest BCUT2D eigenvalue weighted by molar-refractivity contribution is 5.82. The van der Waals surface area contributed by atoms with Gasteiger partial charge in [0, 0.05) is 32.8 Å². The van der Waals surface area contributed by atoms with Gasteiger partial charge in [0.2, 0.25) is 0 Å². The Morgan fingerprint density at radius 1 is 1.47 bits per heavy atom. The Hall–Kier alpha value is -1.32. The third-order valence-corrected chi connectivity index (χ3v) is 2.63. The van der Waals surface area contributed by atoms with E-state index in [2.05, 4.69) is 21.6 Å². The maximum Gasteiger partial charge on any atom is 0.0963 e. The van der Waals surface area contributed by atoms with Crippen LogP contribution in [0.4, 0.5) is 0 Å². The minimum absolute atomic E-state index is 0.963. The lowest BCUT2D eigenvalue weighted by atomic mass is 10.2. The van der Waals surface area contributed by atoms with Gasteiger partial charge in [-0.15, -0.1) is 0 Å². The zero-order valence-corrected chi connectivity index (χ0v) is 9.24. The highest BCUT2D eigenvalue weighted by Crippen LogP contribution is 2.04. The molecule has 0 unspecified atom stereocenters. The molecule has 0 saturated heterocycles. The summed E-state index contributed by atoms with van der Waals surface area (Å²) in [7, 11) is 1.95. The van der Waals surface area contributed by atoms with Crippen LogP contribution < -0.4 is 5.32 Å². The van der Waals surface area contributed by atoms with E-state index in [1.165, 1.54) is 24.2 Å². The van der Waals surface area contributed by atoms with Crippen LogP contribution in [0.25, 0.3) is 0 Å². The molecular formula is C11H18N4. The molecule has 0 aromatic carbocycles. The lowest BCUT2D eigenvalue weighted by Gasteiger charge is -2.13. The van der Waals surface area contributed by atoms with Gasteiger partial charge in [-0.3, -0.25) is 9.67 Å². The van der Waals surface area contributed by atoms with E-state index in [1.807, 2.05) is 17.9 Å². The Balaban J connectivity index is 1.72. The van der Waals surface area contributed by atoms with Crippen molar-refractivity contribution in [2.75, 3.05) is 13.1 Å². The Bertz CT molecular complexity index is 340. The van der Waals surface area contributed by atoms with Gasteiger partial charge in [-0.1, -0.05) is 0 Å². The quantitative estimate of drug-likeness (QED) is 0.805. The van der Waals surface area contributed by atoms with Crippen molar-refractivity contribution >= 4 is 5.84 Å². The molecule has 1 aromatic rings. The van der Waals surface area contributed by atoms with Gasteiger partial charge in [0.05, 0.1) is 12.0 Å². The second kappa shape index (κ2) is 4.96. The number of aromatic nitrogens is 2. The number of amidine groups is 1. The van der Waals surface area contributed by atoms with Gasteiger partial charge >= 0.3 is 0 Å². The fraction of sp³-hybridized carbons (Fsp3) is 0.636.